The van der Waals surface area contributed by atoms with Crippen LogP contribution in [0.1, 0.15) is 5.56 Å². The van der Waals surface area contributed by atoms with E-state index in [1.807, 2.05) is 12.1 Å². The smallest absolute Gasteiger partial charge is 0.244 e. The second kappa shape index (κ2) is 8.58. The summed E-state index contributed by atoms with van der Waals surface area (Å²) in [6.45, 7) is 0.696. The Morgan fingerprint density at radius 1 is 1.13 bits per heavy atom. The van der Waals surface area contributed by atoms with Gasteiger partial charge in [0, 0.05) is 6.08 Å². The minimum absolute atomic E-state index is 0.238. The number of benzene rings is 2. The van der Waals surface area contributed by atoms with Gasteiger partial charge in [-0.15, -0.1) is 0 Å². The van der Waals surface area contributed by atoms with Crippen LogP contribution in [0.4, 0.5) is 4.39 Å². The monoisotopic (exact) mass is 315 g/mol. The highest BCUT2D eigenvalue weighted by Gasteiger charge is 2.02. The quantitative estimate of drug-likeness (QED) is 0.631. The molecule has 120 valence electrons. The zero-order chi connectivity index (χ0) is 16.5. The van der Waals surface area contributed by atoms with E-state index >= 15 is 0 Å². The van der Waals surface area contributed by atoms with Gasteiger partial charge in [-0.25, -0.2) is 4.39 Å². The van der Waals surface area contributed by atoms with Crippen LogP contribution in [0.3, 0.4) is 0 Å². The summed E-state index contributed by atoms with van der Waals surface area (Å²) in [4.78, 5) is 11.7. The Labute approximate surface area is 134 Å². The zero-order valence-corrected chi connectivity index (χ0v) is 12.8. The van der Waals surface area contributed by atoms with Gasteiger partial charge in [0.25, 0.3) is 0 Å². The predicted octanol–water partition coefficient (Wildman–Crippen LogP) is 3.04. The van der Waals surface area contributed by atoms with Gasteiger partial charge in [0.05, 0.1) is 13.7 Å². The highest BCUT2D eigenvalue weighted by Crippen LogP contribution is 2.25. The van der Waals surface area contributed by atoms with Crippen molar-refractivity contribution < 1.29 is 18.7 Å². The van der Waals surface area contributed by atoms with Crippen molar-refractivity contribution in [3.05, 3.63) is 66.0 Å². The van der Waals surface area contributed by atoms with E-state index in [0.29, 0.717) is 24.7 Å². The van der Waals surface area contributed by atoms with Crippen LogP contribution in [0.5, 0.6) is 11.5 Å². The molecule has 0 aliphatic rings. The average molecular weight is 315 g/mol. The molecule has 0 aliphatic carbocycles. The molecule has 0 aromatic heterocycles. The van der Waals surface area contributed by atoms with Crippen LogP contribution >= 0.6 is 0 Å². The Morgan fingerprint density at radius 2 is 1.83 bits per heavy atom. The summed E-state index contributed by atoms with van der Waals surface area (Å²) in [6.07, 6.45) is 3.02. The fourth-order valence-corrected chi connectivity index (χ4v) is 1.88. The van der Waals surface area contributed by atoms with E-state index in [2.05, 4.69) is 5.32 Å². The Bertz CT molecular complexity index is 668. The molecule has 2 aromatic carbocycles. The lowest BCUT2D eigenvalue weighted by Crippen LogP contribution is -2.26. The van der Waals surface area contributed by atoms with Gasteiger partial charge in [-0.2, -0.15) is 0 Å². The fraction of sp³-hybridized carbons (Fsp3) is 0.167. The maximum Gasteiger partial charge on any atom is 0.244 e. The summed E-state index contributed by atoms with van der Waals surface area (Å²) < 4.78 is 23.5. The molecular weight excluding hydrogens is 297 g/mol. The van der Waals surface area contributed by atoms with Crippen LogP contribution in [0.15, 0.2) is 54.6 Å². The van der Waals surface area contributed by atoms with Crippen molar-refractivity contribution in [2.24, 2.45) is 0 Å². The largest absolute Gasteiger partial charge is 0.493 e. The van der Waals surface area contributed by atoms with Gasteiger partial charge in [0.2, 0.25) is 5.91 Å². The molecule has 0 radical (unpaired) electrons. The molecule has 1 N–H and O–H groups in total. The highest BCUT2D eigenvalue weighted by atomic mass is 19.1. The first-order chi connectivity index (χ1) is 11.2. The van der Waals surface area contributed by atoms with Crippen LogP contribution in [0.25, 0.3) is 6.08 Å². The predicted molar refractivity (Wildman–Crippen MR) is 86.9 cm³/mol. The first kappa shape index (κ1) is 16.5. The Balaban J connectivity index is 1.73. The minimum Gasteiger partial charge on any atom is -0.493 e. The normalized spacial score (nSPS) is 10.5. The Kier molecular flexibility index (Phi) is 6.17. The third-order valence-corrected chi connectivity index (χ3v) is 3.03. The number of methoxy groups -OCH3 is 1. The molecule has 0 fully saturated rings. The molecule has 0 spiro atoms. The number of para-hydroxylation sites is 2. The third kappa shape index (κ3) is 5.47. The number of nitrogens with one attached hydrogen (secondary N) is 1. The van der Waals surface area contributed by atoms with E-state index in [-0.39, 0.29) is 11.7 Å². The summed E-state index contributed by atoms with van der Waals surface area (Å²) in [5, 5.41) is 2.71. The topological polar surface area (TPSA) is 47.6 Å². The fourth-order valence-electron chi connectivity index (χ4n) is 1.88. The molecule has 0 unspecified atom stereocenters. The molecular formula is C18H18FNO3. The van der Waals surface area contributed by atoms with Gasteiger partial charge in [-0.1, -0.05) is 24.3 Å². The van der Waals surface area contributed by atoms with Gasteiger partial charge in [-0.05, 0) is 35.9 Å². The summed E-state index contributed by atoms with van der Waals surface area (Å²) in [7, 11) is 1.57. The number of hydrogen-bond acceptors (Lipinski definition) is 3. The van der Waals surface area contributed by atoms with Gasteiger partial charge >= 0.3 is 0 Å². The molecule has 5 heteroatoms. The summed E-state index contributed by atoms with van der Waals surface area (Å²) in [6, 6.07) is 13.2. The number of amides is 1. The SMILES string of the molecule is COc1ccccc1OCCNC(=O)/C=C/c1ccc(F)cc1. The molecule has 2 aromatic rings. The number of hydrogen-bond donors (Lipinski definition) is 1. The number of rotatable bonds is 7. The standard InChI is InChI=1S/C18H18FNO3/c1-22-16-4-2-3-5-17(16)23-13-12-20-18(21)11-8-14-6-9-15(19)10-7-14/h2-11H,12-13H2,1H3,(H,20,21)/b11-8+. The van der Waals surface area contributed by atoms with Gasteiger partial charge < -0.3 is 14.8 Å². The van der Waals surface area contributed by atoms with Crippen molar-refractivity contribution in [1.29, 1.82) is 0 Å². The van der Waals surface area contributed by atoms with Crippen molar-refractivity contribution in [2.45, 2.75) is 0 Å². The van der Waals surface area contributed by atoms with E-state index in [0.717, 1.165) is 5.56 Å². The molecule has 0 saturated heterocycles. The van der Waals surface area contributed by atoms with Gasteiger partial charge in [0.1, 0.15) is 12.4 Å². The summed E-state index contributed by atoms with van der Waals surface area (Å²) in [5.41, 5.74) is 0.756. The highest BCUT2D eigenvalue weighted by molar-refractivity contribution is 5.91. The maximum absolute atomic E-state index is 12.8. The van der Waals surface area contributed by atoms with E-state index in [9.17, 15) is 9.18 Å². The summed E-state index contributed by atoms with van der Waals surface area (Å²) >= 11 is 0. The van der Waals surface area contributed by atoms with Crippen molar-refractivity contribution in [3.63, 3.8) is 0 Å². The van der Waals surface area contributed by atoms with Crippen molar-refractivity contribution in [1.82, 2.24) is 5.32 Å². The van der Waals surface area contributed by atoms with E-state index < -0.39 is 0 Å². The van der Waals surface area contributed by atoms with Crippen LogP contribution in [0.2, 0.25) is 0 Å². The second-order valence-corrected chi connectivity index (χ2v) is 4.68. The molecule has 1 amide bonds. The molecule has 0 atom stereocenters. The van der Waals surface area contributed by atoms with E-state index in [1.165, 1.54) is 18.2 Å². The van der Waals surface area contributed by atoms with Gasteiger partial charge in [-0.3, -0.25) is 4.79 Å². The lowest BCUT2D eigenvalue weighted by molar-refractivity contribution is -0.116. The lowest BCUT2D eigenvalue weighted by Gasteiger charge is -2.10. The van der Waals surface area contributed by atoms with Crippen LogP contribution in [-0.2, 0) is 4.79 Å². The number of halogens is 1. The first-order valence-electron chi connectivity index (χ1n) is 7.16. The Hall–Kier alpha value is -2.82. The van der Waals surface area contributed by atoms with Crippen molar-refractivity contribution >= 4 is 12.0 Å². The average Bonchev–Trinajstić information content (AvgIpc) is 2.58. The van der Waals surface area contributed by atoms with Crippen LogP contribution < -0.4 is 14.8 Å². The Morgan fingerprint density at radius 3 is 2.52 bits per heavy atom. The van der Waals surface area contributed by atoms with Crippen molar-refractivity contribution in [2.75, 3.05) is 20.3 Å². The number of carbonyl (C=O) groups is 1. The van der Waals surface area contributed by atoms with Crippen molar-refractivity contribution in [3.8, 4) is 11.5 Å². The van der Waals surface area contributed by atoms with Gasteiger partial charge in [0.15, 0.2) is 11.5 Å². The number of ether oxygens (including phenoxy) is 2. The molecule has 0 heterocycles. The molecule has 0 bridgehead atoms. The van der Waals surface area contributed by atoms with Crippen LogP contribution in [0, 0.1) is 5.82 Å². The van der Waals surface area contributed by atoms with E-state index in [4.69, 9.17) is 9.47 Å². The molecule has 2 rings (SSSR count). The molecule has 0 saturated carbocycles. The lowest BCUT2D eigenvalue weighted by atomic mass is 10.2. The maximum atomic E-state index is 12.8. The number of carbonyl (C=O) groups excluding carboxylic acids is 1. The molecule has 0 aliphatic heterocycles. The third-order valence-electron chi connectivity index (χ3n) is 3.03. The second-order valence-electron chi connectivity index (χ2n) is 4.68. The zero-order valence-electron chi connectivity index (χ0n) is 12.8. The minimum atomic E-state index is -0.305. The summed E-state index contributed by atoms with van der Waals surface area (Å²) in [5.74, 6) is 0.735. The molecule has 23 heavy (non-hydrogen) atoms. The molecule has 4 nitrogen and oxygen atoms in total. The van der Waals surface area contributed by atoms with E-state index in [1.54, 1.807) is 37.5 Å². The first-order valence-corrected chi connectivity index (χ1v) is 7.16. The van der Waals surface area contributed by atoms with Crippen LogP contribution in [-0.4, -0.2) is 26.2 Å².